The van der Waals surface area contributed by atoms with Crippen LogP contribution in [0.2, 0.25) is 5.02 Å². The first-order chi connectivity index (χ1) is 16.2. The number of carbonyl (C=O) groups is 1. The first-order valence-corrected chi connectivity index (χ1v) is 11.1. The lowest BCUT2D eigenvalue weighted by atomic mass is 10.1. The summed E-state index contributed by atoms with van der Waals surface area (Å²) in [5.74, 6) is 7.36. The summed E-state index contributed by atoms with van der Waals surface area (Å²) in [6.07, 6.45) is 7.09. The zero-order chi connectivity index (χ0) is 22.8. The van der Waals surface area contributed by atoms with Crippen LogP contribution in [-0.2, 0) is 4.79 Å². The summed E-state index contributed by atoms with van der Waals surface area (Å²) in [5, 5.41) is 0.523. The predicted octanol–water partition coefficient (Wildman–Crippen LogP) is 5.53. The van der Waals surface area contributed by atoms with E-state index >= 15 is 0 Å². The van der Waals surface area contributed by atoms with Crippen LogP contribution in [0.5, 0.6) is 11.5 Å². The number of imidazole rings is 1. The minimum absolute atomic E-state index is 0.151. The highest BCUT2D eigenvalue weighted by molar-refractivity contribution is 6.33. The van der Waals surface area contributed by atoms with Crippen molar-refractivity contribution in [2.45, 2.75) is 25.8 Å². The van der Waals surface area contributed by atoms with E-state index in [0.717, 1.165) is 41.2 Å². The van der Waals surface area contributed by atoms with Gasteiger partial charge in [0.15, 0.2) is 0 Å². The van der Waals surface area contributed by atoms with Crippen LogP contribution in [0.25, 0.3) is 16.8 Å². The smallest absolute Gasteiger partial charge is 0.299 e. The van der Waals surface area contributed by atoms with Crippen LogP contribution in [0, 0.1) is 11.8 Å². The fraction of sp³-hybridized carbons (Fsp3) is 0.192. The minimum Gasteiger partial charge on any atom is -0.457 e. The number of hydrogen-bond acceptors (Lipinski definition) is 4. The number of fused-ring (bicyclic) bond motifs is 1. The first kappa shape index (κ1) is 21.0. The second kappa shape index (κ2) is 8.97. The molecule has 0 bridgehead atoms. The Balaban J connectivity index is 1.54. The van der Waals surface area contributed by atoms with E-state index in [-0.39, 0.29) is 11.9 Å². The first-order valence-electron chi connectivity index (χ1n) is 10.7. The van der Waals surface area contributed by atoms with Crippen LogP contribution in [-0.4, -0.2) is 31.7 Å². The average Bonchev–Trinajstić information content (AvgIpc) is 3.45. The molecule has 164 valence electrons. The molecule has 7 heteroatoms. The summed E-state index contributed by atoms with van der Waals surface area (Å²) < 4.78 is 7.90. The quantitative estimate of drug-likeness (QED) is 0.379. The maximum Gasteiger partial charge on any atom is 0.299 e. The number of rotatable bonds is 4. The Bertz CT molecular complexity index is 1390. The summed E-state index contributed by atoms with van der Waals surface area (Å²) in [6.45, 7) is 2.34. The molecule has 0 aliphatic carbocycles. The molecule has 3 heterocycles. The number of halogens is 1. The highest BCUT2D eigenvalue weighted by Gasteiger charge is 2.33. The van der Waals surface area contributed by atoms with Gasteiger partial charge in [-0.3, -0.25) is 14.2 Å². The van der Waals surface area contributed by atoms with E-state index in [1.807, 2.05) is 53.1 Å². The summed E-state index contributed by atoms with van der Waals surface area (Å²) >= 11 is 6.69. The molecule has 0 N–H and O–H groups in total. The average molecular weight is 457 g/mol. The van der Waals surface area contributed by atoms with Gasteiger partial charge in [-0.2, -0.15) is 0 Å². The second-order valence-corrected chi connectivity index (χ2v) is 8.15. The second-order valence-electron chi connectivity index (χ2n) is 7.74. The molecule has 0 saturated carbocycles. The largest absolute Gasteiger partial charge is 0.457 e. The molecule has 1 amide bonds. The number of ether oxygens (including phenoxy) is 1. The summed E-state index contributed by atoms with van der Waals surface area (Å²) in [4.78, 5) is 23.6. The van der Waals surface area contributed by atoms with Crippen molar-refractivity contribution in [3.63, 3.8) is 0 Å². The van der Waals surface area contributed by atoms with Crippen molar-refractivity contribution in [3.05, 3.63) is 78.0 Å². The van der Waals surface area contributed by atoms with Crippen LogP contribution in [0.4, 0.5) is 0 Å². The molecule has 1 atom stereocenters. The van der Waals surface area contributed by atoms with E-state index in [2.05, 4.69) is 16.8 Å². The Morgan fingerprint density at radius 3 is 2.82 bits per heavy atom. The monoisotopic (exact) mass is 456 g/mol. The molecule has 5 rings (SSSR count). The summed E-state index contributed by atoms with van der Waals surface area (Å²) in [5.41, 5.74) is 2.32. The predicted molar refractivity (Wildman–Crippen MR) is 127 cm³/mol. The third-order valence-electron chi connectivity index (χ3n) is 5.69. The Kier molecular flexibility index (Phi) is 5.72. The van der Waals surface area contributed by atoms with Crippen molar-refractivity contribution in [2.24, 2.45) is 0 Å². The molecule has 2 aromatic heterocycles. The molecule has 4 aromatic rings. The third kappa shape index (κ3) is 4.04. The fourth-order valence-corrected chi connectivity index (χ4v) is 4.49. The Hall–Kier alpha value is -3.82. The lowest BCUT2D eigenvalue weighted by molar-refractivity contribution is -0.126. The van der Waals surface area contributed by atoms with Crippen molar-refractivity contribution < 1.29 is 9.53 Å². The molecule has 33 heavy (non-hydrogen) atoms. The molecule has 0 spiro atoms. The van der Waals surface area contributed by atoms with E-state index in [1.165, 1.54) is 0 Å². The maximum absolute atomic E-state index is 12.6. The number of para-hydroxylation sites is 1. The van der Waals surface area contributed by atoms with Gasteiger partial charge in [0, 0.05) is 30.6 Å². The molecular formula is C26H21ClN4O2. The molecule has 2 aromatic carbocycles. The van der Waals surface area contributed by atoms with Crippen LogP contribution in [0.1, 0.15) is 31.6 Å². The maximum atomic E-state index is 12.6. The standard InChI is InChI=1S/C26H21ClN4O2/c1-2-7-24(32)30-14-6-10-22(30)26-29-25(23-17-28-13-15-31(23)26)20-12-11-19(16-21(20)27)33-18-8-4-3-5-9-18/h3-5,8-9,11-13,15-17,22H,6,10,14H2,1H3/t22-/m0/s1. The van der Waals surface area contributed by atoms with Crippen LogP contribution in [0.15, 0.2) is 67.1 Å². The van der Waals surface area contributed by atoms with Crippen molar-refractivity contribution in [1.82, 2.24) is 19.3 Å². The number of carbonyl (C=O) groups excluding carboxylic acids is 1. The number of nitrogens with zero attached hydrogens (tertiary/aromatic N) is 4. The molecule has 1 saturated heterocycles. The van der Waals surface area contributed by atoms with Gasteiger partial charge in [-0.1, -0.05) is 35.7 Å². The van der Waals surface area contributed by atoms with Crippen molar-refractivity contribution >= 4 is 23.0 Å². The number of likely N-dealkylation sites (tertiary alicyclic amines) is 1. The summed E-state index contributed by atoms with van der Waals surface area (Å²) in [6, 6.07) is 15.0. The number of aromatic nitrogens is 3. The lowest BCUT2D eigenvalue weighted by Gasteiger charge is -2.21. The summed E-state index contributed by atoms with van der Waals surface area (Å²) in [7, 11) is 0. The normalized spacial score (nSPS) is 15.3. The van der Waals surface area contributed by atoms with Gasteiger partial charge in [-0.15, -0.1) is 0 Å². The van der Waals surface area contributed by atoms with Gasteiger partial charge in [0.05, 0.1) is 28.5 Å². The van der Waals surface area contributed by atoms with Crippen molar-refractivity contribution in [3.8, 4) is 34.6 Å². The van der Waals surface area contributed by atoms with E-state index in [1.54, 1.807) is 30.3 Å². The zero-order valence-electron chi connectivity index (χ0n) is 18.0. The Labute approximate surface area is 196 Å². The number of benzene rings is 2. The topological polar surface area (TPSA) is 59.7 Å². The van der Waals surface area contributed by atoms with E-state index in [9.17, 15) is 4.79 Å². The lowest BCUT2D eigenvalue weighted by Crippen LogP contribution is -2.30. The van der Waals surface area contributed by atoms with Crippen LogP contribution < -0.4 is 4.74 Å². The van der Waals surface area contributed by atoms with E-state index < -0.39 is 0 Å². The Morgan fingerprint density at radius 1 is 1.18 bits per heavy atom. The van der Waals surface area contributed by atoms with Gasteiger partial charge in [-0.05, 0) is 50.0 Å². The Morgan fingerprint density at radius 2 is 2.03 bits per heavy atom. The molecule has 1 aliphatic rings. The van der Waals surface area contributed by atoms with Gasteiger partial charge in [0.25, 0.3) is 5.91 Å². The van der Waals surface area contributed by atoms with Crippen LogP contribution >= 0.6 is 11.6 Å². The SMILES string of the molecule is CC#CC(=O)N1CCC[C@H]1c1nc(-c2ccc(Oc3ccccc3)cc2Cl)c2cnccn12. The molecular weight excluding hydrogens is 436 g/mol. The molecule has 1 fully saturated rings. The van der Waals surface area contributed by atoms with E-state index in [0.29, 0.717) is 17.3 Å². The van der Waals surface area contributed by atoms with Crippen LogP contribution in [0.3, 0.4) is 0 Å². The zero-order valence-corrected chi connectivity index (χ0v) is 18.8. The van der Waals surface area contributed by atoms with Gasteiger partial charge >= 0.3 is 0 Å². The molecule has 1 aliphatic heterocycles. The fourth-order valence-electron chi connectivity index (χ4n) is 4.23. The highest BCUT2D eigenvalue weighted by atomic mass is 35.5. The van der Waals surface area contributed by atoms with Gasteiger partial charge in [-0.25, -0.2) is 4.98 Å². The third-order valence-corrected chi connectivity index (χ3v) is 6.00. The van der Waals surface area contributed by atoms with E-state index in [4.69, 9.17) is 21.3 Å². The molecule has 0 radical (unpaired) electrons. The number of amides is 1. The van der Waals surface area contributed by atoms with Gasteiger partial charge < -0.3 is 9.64 Å². The molecule has 6 nitrogen and oxygen atoms in total. The van der Waals surface area contributed by atoms with Crippen molar-refractivity contribution in [2.75, 3.05) is 6.54 Å². The van der Waals surface area contributed by atoms with Crippen molar-refractivity contribution in [1.29, 1.82) is 0 Å². The highest BCUT2D eigenvalue weighted by Crippen LogP contribution is 2.38. The van der Waals surface area contributed by atoms with Gasteiger partial charge in [0.2, 0.25) is 0 Å². The minimum atomic E-state index is -0.173. The van der Waals surface area contributed by atoms with Gasteiger partial charge in [0.1, 0.15) is 17.3 Å². The number of hydrogen-bond donors (Lipinski definition) is 0. The molecule has 0 unspecified atom stereocenters.